The maximum atomic E-state index is 13.7. The third kappa shape index (κ3) is 2.68. The van der Waals surface area contributed by atoms with Crippen molar-refractivity contribution in [3.05, 3.63) is 45.8 Å². The number of carbonyl (C=O) groups is 1. The Morgan fingerprint density at radius 2 is 2.05 bits per heavy atom. The molecule has 0 N–H and O–H groups in total. The van der Waals surface area contributed by atoms with Crippen LogP contribution in [0.3, 0.4) is 0 Å². The minimum Gasteiger partial charge on any atom is -0.458 e. The fourth-order valence-electron chi connectivity index (χ4n) is 2.05. The predicted octanol–water partition coefficient (Wildman–Crippen LogP) is 3.09. The van der Waals surface area contributed by atoms with Gasteiger partial charge in [-0.05, 0) is 12.5 Å². The summed E-state index contributed by atoms with van der Waals surface area (Å²) in [4.78, 5) is 22.5. The van der Waals surface area contributed by atoms with E-state index in [0.717, 1.165) is 12.1 Å². The molecule has 0 aliphatic rings. The van der Waals surface area contributed by atoms with Crippen molar-refractivity contribution in [1.29, 1.82) is 0 Å². The maximum absolute atomic E-state index is 13.7. The van der Waals surface area contributed by atoms with Gasteiger partial charge in [-0.15, -0.1) is 0 Å². The smallest absolute Gasteiger partial charge is 0.336 e. The molecule has 2 aromatic rings. The number of hydrogen-bond donors (Lipinski definition) is 0. The summed E-state index contributed by atoms with van der Waals surface area (Å²) in [5.74, 6) is -2.32. The highest BCUT2D eigenvalue weighted by Gasteiger charge is 2.20. The van der Waals surface area contributed by atoms with E-state index in [0.29, 0.717) is 12.5 Å². The third-order valence-corrected chi connectivity index (χ3v) is 2.82. The van der Waals surface area contributed by atoms with Gasteiger partial charge in [-0.1, -0.05) is 6.92 Å². The first kappa shape index (κ1) is 14.2. The van der Waals surface area contributed by atoms with Gasteiger partial charge in [0.05, 0.1) is 0 Å². The van der Waals surface area contributed by atoms with Gasteiger partial charge < -0.3 is 9.15 Å². The summed E-state index contributed by atoms with van der Waals surface area (Å²) in [7, 11) is 0. The molecule has 1 aromatic heterocycles. The van der Waals surface area contributed by atoms with E-state index in [4.69, 9.17) is 9.15 Å². The first-order valence-electron chi connectivity index (χ1n) is 6.02. The quantitative estimate of drug-likeness (QED) is 0.641. The molecule has 2 rings (SSSR count). The molecule has 6 heteroatoms. The number of ether oxygens (including phenoxy) is 1. The van der Waals surface area contributed by atoms with Crippen LogP contribution in [0.5, 0.6) is 0 Å². The standard InChI is InChI=1S/C14H12F2O4/c1-3-12(19-7(2)17)9-6-13(18)20-14-10(9)4-8(15)5-11(14)16/h4-6,12H,3H2,1-2H3. The topological polar surface area (TPSA) is 56.5 Å². The molecule has 1 aromatic carbocycles. The van der Waals surface area contributed by atoms with Crippen LogP contribution >= 0.6 is 0 Å². The van der Waals surface area contributed by atoms with Crippen LogP contribution in [0.2, 0.25) is 0 Å². The molecular weight excluding hydrogens is 270 g/mol. The van der Waals surface area contributed by atoms with Crippen molar-refractivity contribution >= 4 is 16.9 Å². The van der Waals surface area contributed by atoms with Crippen LogP contribution in [0.15, 0.2) is 27.4 Å². The summed E-state index contributed by atoms with van der Waals surface area (Å²) in [6.07, 6.45) is -0.406. The number of fused-ring (bicyclic) bond motifs is 1. The number of esters is 1. The maximum Gasteiger partial charge on any atom is 0.336 e. The second kappa shape index (κ2) is 5.40. The van der Waals surface area contributed by atoms with E-state index >= 15 is 0 Å². The molecule has 0 saturated carbocycles. The molecule has 0 amide bonds. The van der Waals surface area contributed by atoms with Gasteiger partial charge >= 0.3 is 11.6 Å². The van der Waals surface area contributed by atoms with E-state index < -0.39 is 29.3 Å². The van der Waals surface area contributed by atoms with Crippen molar-refractivity contribution in [3.63, 3.8) is 0 Å². The Morgan fingerprint density at radius 3 is 2.65 bits per heavy atom. The van der Waals surface area contributed by atoms with Crippen LogP contribution in [0.4, 0.5) is 8.78 Å². The molecule has 0 aliphatic heterocycles. The number of halogens is 2. The first-order valence-corrected chi connectivity index (χ1v) is 6.02. The lowest BCUT2D eigenvalue weighted by molar-refractivity contribution is -0.146. The summed E-state index contributed by atoms with van der Waals surface area (Å²) in [5, 5.41) is 0.0789. The zero-order chi connectivity index (χ0) is 14.9. The highest BCUT2D eigenvalue weighted by atomic mass is 19.1. The van der Waals surface area contributed by atoms with E-state index in [1.807, 2.05) is 0 Å². The zero-order valence-corrected chi connectivity index (χ0v) is 10.9. The SMILES string of the molecule is CCC(OC(C)=O)c1cc(=O)oc2c(F)cc(F)cc12. The molecule has 0 spiro atoms. The molecule has 0 saturated heterocycles. The molecule has 20 heavy (non-hydrogen) atoms. The number of benzene rings is 1. The largest absolute Gasteiger partial charge is 0.458 e. The molecule has 1 atom stereocenters. The molecule has 0 radical (unpaired) electrons. The van der Waals surface area contributed by atoms with E-state index in [1.54, 1.807) is 6.92 Å². The van der Waals surface area contributed by atoms with E-state index in [-0.39, 0.29) is 16.5 Å². The molecule has 4 nitrogen and oxygen atoms in total. The monoisotopic (exact) mass is 282 g/mol. The zero-order valence-electron chi connectivity index (χ0n) is 10.9. The average molecular weight is 282 g/mol. The van der Waals surface area contributed by atoms with E-state index in [2.05, 4.69) is 0 Å². The second-order valence-corrected chi connectivity index (χ2v) is 4.29. The van der Waals surface area contributed by atoms with Gasteiger partial charge in [0.25, 0.3) is 0 Å². The van der Waals surface area contributed by atoms with Gasteiger partial charge in [0.15, 0.2) is 11.4 Å². The van der Waals surface area contributed by atoms with Crippen molar-refractivity contribution in [2.45, 2.75) is 26.4 Å². The lowest BCUT2D eigenvalue weighted by atomic mass is 10.0. The summed E-state index contributed by atoms with van der Waals surface area (Å²) >= 11 is 0. The van der Waals surface area contributed by atoms with Gasteiger partial charge in [-0.3, -0.25) is 4.79 Å². The van der Waals surface area contributed by atoms with Gasteiger partial charge in [-0.2, -0.15) is 0 Å². The Hall–Kier alpha value is -2.24. The van der Waals surface area contributed by atoms with Gasteiger partial charge in [0.1, 0.15) is 11.9 Å². The molecule has 0 aliphatic carbocycles. The summed E-state index contributed by atoms with van der Waals surface area (Å²) in [6, 6.07) is 2.75. The van der Waals surface area contributed by atoms with Crippen molar-refractivity contribution < 1.29 is 22.7 Å². The second-order valence-electron chi connectivity index (χ2n) is 4.29. The van der Waals surface area contributed by atoms with E-state index in [9.17, 15) is 18.4 Å². The molecule has 0 fully saturated rings. The lowest BCUT2D eigenvalue weighted by Gasteiger charge is -2.16. The molecule has 0 bridgehead atoms. The minimum atomic E-state index is -0.975. The van der Waals surface area contributed by atoms with Gasteiger partial charge in [0.2, 0.25) is 0 Å². The Kier molecular flexibility index (Phi) is 3.83. The number of hydrogen-bond acceptors (Lipinski definition) is 4. The molecule has 1 heterocycles. The molecule has 106 valence electrons. The Bertz CT molecular complexity index is 721. The van der Waals surface area contributed by atoms with Crippen molar-refractivity contribution in [2.75, 3.05) is 0 Å². The Labute approximate surface area is 113 Å². The Balaban J connectivity index is 2.73. The van der Waals surface area contributed by atoms with Crippen molar-refractivity contribution in [2.24, 2.45) is 0 Å². The van der Waals surface area contributed by atoms with Crippen molar-refractivity contribution in [1.82, 2.24) is 0 Å². The predicted molar refractivity (Wildman–Crippen MR) is 67.2 cm³/mol. The van der Waals surface area contributed by atoms with Crippen LogP contribution in [-0.4, -0.2) is 5.97 Å². The average Bonchev–Trinajstić information content (AvgIpc) is 2.36. The summed E-state index contributed by atoms with van der Waals surface area (Å²) < 4.78 is 36.8. The van der Waals surface area contributed by atoms with Crippen molar-refractivity contribution in [3.8, 4) is 0 Å². The van der Waals surface area contributed by atoms with Crippen LogP contribution in [0, 0.1) is 11.6 Å². The summed E-state index contributed by atoms with van der Waals surface area (Å²) in [6.45, 7) is 2.95. The number of carbonyl (C=O) groups excluding carboxylic acids is 1. The first-order chi connectivity index (χ1) is 9.42. The fraction of sp³-hybridized carbons (Fsp3) is 0.286. The van der Waals surface area contributed by atoms with Gasteiger partial charge in [0, 0.05) is 30.0 Å². The third-order valence-electron chi connectivity index (χ3n) is 2.82. The molecule has 1 unspecified atom stereocenters. The minimum absolute atomic E-state index is 0.0789. The van der Waals surface area contributed by atoms with Crippen LogP contribution < -0.4 is 5.63 Å². The van der Waals surface area contributed by atoms with Crippen LogP contribution in [0.1, 0.15) is 31.9 Å². The van der Waals surface area contributed by atoms with Crippen LogP contribution in [-0.2, 0) is 9.53 Å². The highest BCUT2D eigenvalue weighted by molar-refractivity contribution is 5.81. The van der Waals surface area contributed by atoms with Gasteiger partial charge in [-0.25, -0.2) is 13.6 Å². The summed E-state index contributed by atoms with van der Waals surface area (Å²) in [5.41, 5.74) is -0.907. The Morgan fingerprint density at radius 1 is 1.35 bits per heavy atom. The number of rotatable bonds is 3. The van der Waals surface area contributed by atoms with Crippen LogP contribution in [0.25, 0.3) is 11.0 Å². The lowest BCUT2D eigenvalue weighted by Crippen LogP contribution is -2.11. The normalized spacial score (nSPS) is 12.4. The fourth-order valence-corrected chi connectivity index (χ4v) is 2.05. The molecular formula is C14H12F2O4. The van der Waals surface area contributed by atoms with E-state index in [1.165, 1.54) is 6.92 Å². The highest BCUT2D eigenvalue weighted by Crippen LogP contribution is 2.29.